The Morgan fingerprint density at radius 2 is 1.89 bits per heavy atom. The summed E-state index contributed by atoms with van der Waals surface area (Å²) in [6, 6.07) is 14.9. The number of ether oxygens (including phenoxy) is 1. The molecule has 0 amide bonds. The van der Waals surface area contributed by atoms with Crippen LogP contribution in [0, 0.1) is 0 Å². The minimum absolute atomic E-state index is 0.479. The Morgan fingerprint density at radius 3 is 2.79 bits per heavy atom. The summed E-state index contributed by atoms with van der Waals surface area (Å²) in [4.78, 5) is 8.50. The SMILES string of the molecule is NNc1cccc(Oc2cccc3ncccc23)n1. The minimum atomic E-state index is 0.479. The third-order valence-electron chi connectivity index (χ3n) is 2.69. The molecule has 94 valence electrons. The minimum Gasteiger partial charge on any atom is -0.438 e. The van der Waals surface area contributed by atoms with Gasteiger partial charge in [-0.2, -0.15) is 4.98 Å². The predicted molar refractivity (Wildman–Crippen MR) is 73.9 cm³/mol. The van der Waals surface area contributed by atoms with Crippen molar-refractivity contribution in [1.29, 1.82) is 0 Å². The molecule has 0 aliphatic heterocycles. The summed E-state index contributed by atoms with van der Waals surface area (Å²) in [5, 5.41) is 0.943. The normalized spacial score (nSPS) is 10.4. The van der Waals surface area contributed by atoms with E-state index in [-0.39, 0.29) is 0 Å². The lowest BCUT2D eigenvalue weighted by Gasteiger charge is -2.08. The lowest BCUT2D eigenvalue weighted by Crippen LogP contribution is -2.08. The van der Waals surface area contributed by atoms with E-state index in [2.05, 4.69) is 15.4 Å². The van der Waals surface area contributed by atoms with Crippen LogP contribution in [-0.4, -0.2) is 9.97 Å². The topological polar surface area (TPSA) is 73.1 Å². The highest BCUT2D eigenvalue weighted by atomic mass is 16.5. The highest BCUT2D eigenvalue weighted by Gasteiger charge is 2.04. The maximum absolute atomic E-state index is 5.79. The van der Waals surface area contributed by atoms with Crippen LogP contribution in [0.2, 0.25) is 0 Å². The van der Waals surface area contributed by atoms with Gasteiger partial charge in [-0.25, -0.2) is 5.84 Å². The average molecular weight is 252 g/mol. The lowest BCUT2D eigenvalue weighted by molar-refractivity contribution is 0.469. The maximum atomic E-state index is 5.79. The molecule has 2 heterocycles. The van der Waals surface area contributed by atoms with E-state index in [0.717, 1.165) is 10.9 Å². The van der Waals surface area contributed by atoms with E-state index in [4.69, 9.17) is 10.6 Å². The molecule has 0 saturated carbocycles. The van der Waals surface area contributed by atoms with Crippen LogP contribution in [0.3, 0.4) is 0 Å². The summed E-state index contributed by atoms with van der Waals surface area (Å²) in [7, 11) is 0. The number of aromatic nitrogens is 2. The molecule has 0 aliphatic carbocycles. The van der Waals surface area contributed by atoms with Gasteiger partial charge < -0.3 is 10.2 Å². The molecular formula is C14H12N4O. The first kappa shape index (κ1) is 11.4. The van der Waals surface area contributed by atoms with E-state index >= 15 is 0 Å². The van der Waals surface area contributed by atoms with Gasteiger partial charge in [0.25, 0.3) is 0 Å². The zero-order chi connectivity index (χ0) is 13.1. The molecule has 0 radical (unpaired) electrons. The first-order chi connectivity index (χ1) is 9.36. The summed E-state index contributed by atoms with van der Waals surface area (Å²) in [6.45, 7) is 0. The van der Waals surface area contributed by atoms with Crippen molar-refractivity contribution >= 4 is 16.7 Å². The fourth-order valence-electron chi connectivity index (χ4n) is 1.83. The number of nitrogen functional groups attached to an aromatic ring is 1. The molecular weight excluding hydrogens is 240 g/mol. The van der Waals surface area contributed by atoms with E-state index in [1.165, 1.54) is 0 Å². The lowest BCUT2D eigenvalue weighted by atomic mass is 10.2. The Balaban J connectivity index is 2.01. The van der Waals surface area contributed by atoms with Gasteiger partial charge in [0.1, 0.15) is 11.6 Å². The monoisotopic (exact) mass is 252 g/mol. The molecule has 0 unspecified atom stereocenters. The van der Waals surface area contributed by atoms with Crippen LogP contribution in [0.5, 0.6) is 11.6 Å². The highest BCUT2D eigenvalue weighted by molar-refractivity contribution is 5.85. The van der Waals surface area contributed by atoms with Gasteiger partial charge in [-0.05, 0) is 30.3 Å². The highest BCUT2D eigenvalue weighted by Crippen LogP contribution is 2.28. The molecule has 19 heavy (non-hydrogen) atoms. The Hall–Kier alpha value is -2.66. The van der Waals surface area contributed by atoms with Crippen LogP contribution in [-0.2, 0) is 0 Å². The molecule has 0 aliphatic rings. The second kappa shape index (κ2) is 4.91. The second-order valence-electron chi connectivity index (χ2n) is 3.93. The Kier molecular flexibility index (Phi) is 2.96. The van der Waals surface area contributed by atoms with Crippen molar-refractivity contribution in [2.75, 3.05) is 5.43 Å². The molecule has 5 heteroatoms. The van der Waals surface area contributed by atoms with E-state index in [1.54, 1.807) is 18.3 Å². The maximum Gasteiger partial charge on any atom is 0.221 e. The van der Waals surface area contributed by atoms with Crippen molar-refractivity contribution in [2.45, 2.75) is 0 Å². The predicted octanol–water partition coefficient (Wildman–Crippen LogP) is 2.71. The number of hydrazine groups is 1. The third kappa shape index (κ3) is 2.31. The number of rotatable bonds is 3. The molecule has 0 saturated heterocycles. The summed E-state index contributed by atoms with van der Waals surface area (Å²) in [5.74, 6) is 7.07. The van der Waals surface area contributed by atoms with Crippen LogP contribution in [0.15, 0.2) is 54.7 Å². The third-order valence-corrected chi connectivity index (χ3v) is 2.69. The van der Waals surface area contributed by atoms with Crippen LogP contribution in [0.25, 0.3) is 10.9 Å². The summed E-state index contributed by atoms with van der Waals surface area (Å²) >= 11 is 0. The van der Waals surface area contributed by atoms with Crippen molar-refractivity contribution in [3.8, 4) is 11.6 Å². The summed E-state index contributed by atoms with van der Waals surface area (Å²) in [5.41, 5.74) is 3.37. The van der Waals surface area contributed by atoms with Crippen molar-refractivity contribution in [2.24, 2.45) is 5.84 Å². The quantitative estimate of drug-likeness (QED) is 0.554. The molecule has 3 rings (SSSR count). The van der Waals surface area contributed by atoms with E-state index < -0.39 is 0 Å². The van der Waals surface area contributed by atoms with Crippen LogP contribution >= 0.6 is 0 Å². The number of fused-ring (bicyclic) bond motifs is 1. The van der Waals surface area contributed by atoms with Gasteiger partial charge >= 0.3 is 0 Å². The standard InChI is InChI=1S/C14H12N4O/c15-18-13-7-2-8-14(17-13)19-12-6-1-5-11-10(12)4-3-9-16-11/h1-9H,15H2,(H,17,18). The smallest absolute Gasteiger partial charge is 0.221 e. The van der Waals surface area contributed by atoms with Crippen molar-refractivity contribution in [3.63, 3.8) is 0 Å². The molecule has 0 spiro atoms. The van der Waals surface area contributed by atoms with Crippen molar-refractivity contribution < 1.29 is 4.74 Å². The van der Waals surface area contributed by atoms with Crippen LogP contribution in [0.1, 0.15) is 0 Å². The van der Waals surface area contributed by atoms with E-state index in [1.807, 2.05) is 36.4 Å². The Bertz CT molecular complexity index is 709. The largest absolute Gasteiger partial charge is 0.438 e. The summed E-state index contributed by atoms with van der Waals surface area (Å²) in [6.07, 6.45) is 1.75. The van der Waals surface area contributed by atoms with Gasteiger partial charge in [0.05, 0.1) is 5.52 Å². The Morgan fingerprint density at radius 1 is 1.00 bits per heavy atom. The first-order valence-electron chi connectivity index (χ1n) is 5.82. The van der Waals surface area contributed by atoms with Gasteiger partial charge in [0.15, 0.2) is 0 Å². The molecule has 2 aromatic heterocycles. The zero-order valence-corrected chi connectivity index (χ0v) is 10.1. The molecule has 0 bridgehead atoms. The fourth-order valence-corrected chi connectivity index (χ4v) is 1.83. The van der Waals surface area contributed by atoms with Crippen molar-refractivity contribution in [3.05, 3.63) is 54.7 Å². The van der Waals surface area contributed by atoms with Crippen LogP contribution < -0.4 is 16.0 Å². The number of pyridine rings is 2. The number of benzene rings is 1. The molecule has 1 aromatic carbocycles. The van der Waals surface area contributed by atoms with Gasteiger partial charge in [-0.1, -0.05) is 12.1 Å². The first-order valence-corrected chi connectivity index (χ1v) is 5.82. The number of anilines is 1. The molecule has 0 fully saturated rings. The Labute approximate surface area is 110 Å². The number of hydrogen-bond acceptors (Lipinski definition) is 5. The van der Waals surface area contributed by atoms with E-state index in [9.17, 15) is 0 Å². The number of nitrogens with zero attached hydrogens (tertiary/aromatic N) is 2. The fraction of sp³-hybridized carbons (Fsp3) is 0. The number of nitrogens with two attached hydrogens (primary N) is 1. The van der Waals surface area contributed by atoms with Crippen molar-refractivity contribution in [1.82, 2.24) is 9.97 Å². The second-order valence-corrected chi connectivity index (χ2v) is 3.93. The van der Waals surface area contributed by atoms with Gasteiger partial charge in [0, 0.05) is 17.6 Å². The van der Waals surface area contributed by atoms with Crippen LogP contribution in [0.4, 0.5) is 5.82 Å². The van der Waals surface area contributed by atoms with Gasteiger partial charge in [-0.3, -0.25) is 4.98 Å². The molecule has 5 nitrogen and oxygen atoms in total. The molecule has 3 aromatic rings. The zero-order valence-electron chi connectivity index (χ0n) is 10.1. The number of hydrogen-bond donors (Lipinski definition) is 2. The molecule has 0 atom stereocenters. The number of nitrogens with one attached hydrogen (secondary N) is 1. The summed E-state index contributed by atoms with van der Waals surface area (Å²) < 4.78 is 5.79. The van der Waals surface area contributed by atoms with Gasteiger partial charge in [0.2, 0.25) is 5.88 Å². The average Bonchev–Trinajstić information content (AvgIpc) is 2.48. The van der Waals surface area contributed by atoms with Gasteiger partial charge in [-0.15, -0.1) is 0 Å². The molecule has 3 N–H and O–H groups in total. The van der Waals surface area contributed by atoms with E-state index in [0.29, 0.717) is 17.4 Å².